The highest BCUT2D eigenvalue weighted by atomic mass is 16.1. The Balaban J connectivity index is 2.27. The molecule has 0 saturated heterocycles. The molecule has 0 radical (unpaired) electrons. The summed E-state index contributed by atoms with van der Waals surface area (Å²) in [6, 6.07) is 14.5. The van der Waals surface area contributed by atoms with Crippen molar-refractivity contribution in [3.05, 3.63) is 48.0 Å². The zero-order valence-corrected chi connectivity index (χ0v) is 10.3. The van der Waals surface area contributed by atoms with E-state index in [0.29, 0.717) is 13.0 Å². The van der Waals surface area contributed by atoms with Crippen LogP contribution in [-0.4, -0.2) is 12.5 Å². The van der Waals surface area contributed by atoms with Crippen molar-refractivity contribution in [3.8, 4) is 0 Å². The maximum atomic E-state index is 11.0. The van der Waals surface area contributed by atoms with Crippen LogP contribution in [0.15, 0.2) is 42.5 Å². The molecule has 0 heterocycles. The standard InChI is InChI=1S/C15H18N2O/c16-10-11(9-15(17)18)8-13-6-3-5-12-4-1-2-7-14(12)13/h1-7,11H,8-10,16H2,(H2,17,18)/t11-/m1/s1. The molecule has 2 aromatic rings. The monoisotopic (exact) mass is 242 g/mol. The molecular weight excluding hydrogens is 224 g/mol. The fraction of sp³-hybridized carbons (Fsp3) is 0.267. The van der Waals surface area contributed by atoms with Crippen LogP contribution in [0.5, 0.6) is 0 Å². The first-order valence-electron chi connectivity index (χ1n) is 6.15. The van der Waals surface area contributed by atoms with Crippen LogP contribution in [0, 0.1) is 5.92 Å². The van der Waals surface area contributed by atoms with Gasteiger partial charge in [-0.15, -0.1) is 0 Å². The highest BCUT2D eigenvalue weighted by Crippen LogP contribution is 2.21. The fourth-order valence-corrected chi connectivity index (χ4v) is 2.30. The molecule has 0 unspecified atom stereocenters. The molecule has 0 saturated carbocycles. The fourth-order valence-electron chi connectivity index (χ4n) is 2.30. The molecule has 1 atom stereocenters. The number of primary amides is 1. The van der Waals surface area contributed by atoms with Gasteiger partial charge < -0.3 is 11.5 Å². The molecule has 1 amide bonds. The second-order valence-electron chi connectivity index (χ2n) is 4.61. The SMILES string of the molecule is NC[C@@H](CC(N)=O)Cc1cccc2ccccc12. The van der Waals surface area contributed by atoms with Crippen molar-refractivity contribution in [2.45, 2.75) is 12.8 Å². The third kappa shape index (κ3) is 2.87. The number of carbonyl (C=O) groups excluding carboxylic acids is 1. The van der Waals surface area contributed by atoms with Crippen LogP contribution in [-0.2, 0) is 11.2 Å². The highest BCUT2D eigenvalue weighted by molar-refractivity contribution is 5.85. The smallest absolute Gasteiger partial charge is 0.217 e. The molecule has 0 bridgehead atoms. The average molecular weight is 242 g/mol. The molecule has 0 spiro atoms. The molecule has 2 rings (SSSR count). The lowest BCUT2D eigenvalue weighted by atomic mass is 9.92. The van der Waals surface area contributed by atoms with Crippen molar-refractivity contribution in [1.82, 2.24) is 0 Å². The molecule has 0 aliphatic heterocycles. The Morgan fingerprint density at radius 2 is 1.83 bits per heavy atom. The minimum absolute atomic E-state index is 0.119. The van der Waals surface area contributed by atoms with E-state index in [1.54, 1.807) is 0 Å². The number of hydrogen-bond donors (Lipinski definition) is 2. The molecule has 0 aliphatic rings. The van der Waals surface area contributed by atoms with Crippen LogP contribution < -0.4 is 11.5 Å². The van der Waals surface area contributed by atoms with Gasteiger partial charge in [0.05, 0.1) is 0 Å². The quantitative estimate of drug-likeness (QED) is 0.839. The number of amides is 1. The topological polar surface area (TPSA) is 69.1 Å². The lowest BCUT2D eigenvalue weighted by Crippen LogP contribution is -2.24. The van der Waals surface area contributed by atoms with Crippen molar-refractivity contribution in [2.75, 3.05) is 6.54 Å². The summed E-state index contributed by atoms with van der Waals surface area (Å²) in [5.41, 5.74) is 12.2. The summed E-state index contributed by atoms with van der Waals surface area (Å²) in [6.07, 6.45) is 1.14. The molecular formula is C15H18N2O. The van der Waals surface area contributed by atoms with Crippen LogP contribution in [0.3, 0.4) is 0 Å². The van der Waals surface area contributed by atoms with E-state index in [1.165, 1.54) is 16.3 Å². The minimum atomic E-state index is -0.286. The summed E-state index contributed by atoms with van der Waals surface area (Å²) < 4.78 is 0. The molecule has 3 nitrogen and oxygen atoms in total. The van der Waals surface area contributed by atoms with E-state index in [2.05, 4.69) is 24.3 Å². The molecule has 2 aromatic carbocycles. The third-order valence-electron chi connectivity index (χ3n) is 3.21. The predicted octanol–water partition coefficient (Wildman–Crippen LogP) is 1.83. The van der Waals surface area contributed by atoms with Gasteiger partial charge in [0.25, 0.3) is 0 Å². The van der Waals surface area contributed by atoms with Gasteiger partial charge >= 0.3 is 0 Å². The van der Waals surface area contributed by atoms with Gasteiger partial charge in [-0.25, -0.2) is 0 Å². The number of fused-ring (bicyclic) bond motifs is 1. The zero-order chi connectivity index (χ0) is 13.0. The van der Waals surface area contributed by atoms with E-state index < -0.39 is 0 Å². The summed E-state index contributed by atoms with van der Waals surface area (Å²) in [5.74, 6) is -0.168. The maximum Gasteiger partial charge on any atom is 0.217 e. The van der Waals surface area contributed by atoms with Crippen LogP contribution >= 0.6 is 0 Å². The minimum Gasteiger partial charge on any atom is -0.370 e. The van der Waals surface area contributed by atoms with Gasteiger partial charge in [0, 0.05) is 6.42 Å². The summed E-state index contributed by atoms with van der Waals surface area (Å²) in [5, 5.41) is 2.44. The summed E-state index contributed by atoms with van der Waals surface area (Å²) in [4.78, 5) is 11.0. The van der Waals surface area contributed by atoms with Crippen molar-refractivity contribution in [2.24, 2.45) is 17.4 Å². The first-order valence-corrected chi connectivity index (χ1v) is 6.15. The molecule has 94 valence electrons. The van der Waals surface area contributed by atoms with E-state index in [4.69, 9.17) is 11.5 Å². The third-order valence-corrected chi connectivity index (χ3v) is 3.21. The van der Waals surface area contributed by atoms with Crippen molar-refractivity contribution in [1.29, 1.82) is 0 Å². The summed E-state index contributed by atoms with van der Waals surface area (Å²) in [7, 11) is 0. The number of hydrogen-bond acceptors (Lipinski definition) is 2. The van der Waals surface area contributed by atoms with Crippen LogP contribution in [0.25, 0.3) is 10.8 Å². The van der Waals surface area contributed by atoms with Gasteiger partial charge in [-0.1, -0.05) is 42.5 Å². The van der Waals surface area contributed by atoms with Gasteiger partial charge in [-0.2, -0.15) is 0 Å². The number of benzene rings is 2. The Kier molecular flexibility index (Phi) is 3.95. The van der Waals surface area contributed by atoms with Crippen molar-refractivity contribution in [3.63, 3.8) is 0 Å². The van der Waals surface area contributed by atoms with E-state index >= 15 is 0 Å². The normalized spacial score (nSPS) is 12.5. The average Bonchev–Trinajstić information content (AvgIpc) is 2.38. The first-order chi connectivity index (χ1) is 8.70. The number of nitrogens with two attached hydrogens (primary N) is 2. The zero-order valence-electron chi connectivity index (χ0n) is 10.3. The van der Waals surface area contributed by atoms with Crippen LogP contribution in [0.1, 0.15) is 12.0 Å². The Morgan fingerprint density at radius 1 is 1.11 bits per heavy atom. The van der Waals surface area contributed by atoms with E-state index in [-0.39, 0.29) is 11.8 Å². The lowest BCUT2D eigenvalue weighted by Gasteiger charge is -2.14. The summed E-state index contributed by atoms with van der Waals surface area (Å²) in [6.45, 7) is 0.478. The van der Waals surface area contributed by atoms with E-state index in [0.717, 1.165) is 6.42 Å². The molecule has 0 fully saturated rings. The van der Waals surface area contributed by atoms with Gasteiger partial charge in [-0.3, -0.25) is 4.79 Å². The van der Waals surface area contributed by atoms with Crippen molar-refractivity contribution < 1.29 is 4.79 Å². The van der Waals surface area contributed by atoms with E-state index in [9.17, 15) is 4.79 Å². The van der Waals surface area contributed by atoms with Gasteiger partial charge in [0.2, 0.25) is 5.91 Å². The summed E-state index contributed by atoms with van der Waals surface area (Å²) >= 11 is 0. The second-order valence-corrected chi connectivity index (χ2v) is 4.61. The molecule has 18 heavy (non-hydrogen) atoms. The first kappa shape index (κ1) is 12.6. The van der Waals surface area contributed by atoms with Crippen molar-refractivity contribution >= 4 is 16.7 Å². The van der Waals surface area contributed by atoms with Gasteiger partial charge in [-0.05, 0) is 35.2 Å². The molecule has 0 aliphatic carbocycles. The Hall–Kier alpha value is -1.87. The number of carbonyl (C=O) groups is 1. The molecule has 0 aromatic heterocycles. The lowest BCUT2D eigenvalue weighted by molar-refractivity contribution is -0.118. The Labute approximate surface area is 107 Å². The van der Waals surface area contributed by atoms with Gasteiger partial charge in [0.1, 0.15) is 0 Å². The second kappa shape index (κ2) is 5.65. The van der Waals surface area contributed by atoms with Gasteiger partial charge in [0.15, 0.2) is 0 Å². The van der Waals surface area contributed by atoms with Crippen LogP contribution in [0.4, 0.5) is 0 Å². The molecule has 4 N–H and O–H groups in total. The van der Waals surface area contributed by atoms with E-state index in [1.807, 2.05) is 18.2 Å². The predicted molar refractivity (Wildman–Crippen MR) is 74.0 cm³/mol. The maximum absolute atomic E-state index is 11.0. The Morgan fingerprint density at radius 3 is 2.56 bits per heavy atom. The molecule has 3 heteroatoms. The highest BCUT2D eigenvalue weighted by Gasteiger charge is 2.12. The van der Waals surface area contributed by atoms with Crippen LogP contribution in [0.2, 0.25) is 0 Å². The largest absolute Gasteiger partial charge is 0.370 e. The Bertz CT molecular complexity index is 546. The number of rotatable bonds is 5.